The number of amides is 1. The summed E-state index contributed by atoms with van der Waals surface area (Å²) in [5.41, 5.74) is 6.50. The van der Waals surface area contributed by atoms with Crippen molar-refractivity contribution in [2.75, 3.05) is 18.4 Å². The Bertz CT molecular complexity index is 571. The van der Waals surface area contributed by atoms with Crippen LogP contribution in [0.5, 0.6) is 0 Å². The lowest BCUT2D eigenvalue weighted by Crippen LogP contribution is -2.25. The van der Waals surface area contributed by atoms with Crippen molar-refractivity contribution >= 4 is 11.6 Å². The predicted octanol–water partition coefficient (Wildman–Crippen LogP) is 3.20. The molecule has 2 heterocycles. The van der Waals surface area contributed by atoms with Gasteiger partial charge in [-0.05, 0) is 74.0 Å². The fourth-order valence-electron chi connectivity index (χ4n) is 3.55. The molecule has 2 aliphatic rings. The molecule has 2 aliphatic heterocycles. The van der Waals surface area contributed by atoms with E-state index in [-0.39, 0.29) is 5.91 Å². The fraction of sp³-hybridized carbons (Fsp3) is 0.500. The summed E-state index contributed by atoms with van der Waals surface area (Å²) in [4.78, 5) is 14.2. The van der Waals surface area contributed by atoms with E-state index in [4.69, 9.17) is 0 Å². The molecule has 3 heteroatoms. The Morgan fingerprint density at radius 3 is 2.81 bits per heavy atom. The summed E-state index contributed by atoms with van der Waals surface area (Å²) in [6, 6.07) is 2.15. The Balaban J connectivity index is 2.01. The quantitative estimate of drug-likeness (QED) is 0.861. The molecule has 0 aromatic heterocycles. The second-order valence-electron chi connectivity index (χ2n) is 6.19. The molecule has 1 fully saturated rings. The minimum atomic E-state index is 0.142. The van der Waals surface area contributed by atoms with Crippen molar-refractivity contribution in [1.29, 1.82) is 0 Å². The number of nitrogens with one attached hydrogen (secondary N) is 1. The molecule has 3 rings (SSSR count). The molecule has 1 amide bonds. The van der Waals surface area contributed by atoms with Crippen molar-refractivity contribution in [2.24, 2.45) is 0 Å². The number of allylic oxidation sites excluding steroid dienone is 1. The monoisotopic (exact) mass is 284 g/mol. The van der Waals surface area contributed by atoms with Gasteiger partial charge < -0.3 is 5.32 Å². The molecule has 21 heavy (non-hydrogen) atoms. The van der Waals surface area contributed by atoms with Gasteiger partial charge >= 0.3 is 0 Å². The lowest BCUT2D eigenvalue weighted by atomic mass is 9.89. The molecule has 0 spiro atoms. The number of anilines is 1. The summed E-state index contributed by atoms with van der Waals surface area (Å²) < 4.78 is 0. The van der Waals surface area contributed by atoms with Gasteiger partial charge in [-0.1, -0.05) is 6.08 Å². The second-order valence-corrected chi connectivity index (χ2v) is 6.19. The average molecular weight is 284 g/mol. The van der Waals surface area contributed by atoms with E-state index in [1.165, 1.54) is 48.2 Å². The first-order valence-electron chi connectivity index (χ1n) is 7.96. The summed E-state index contributed by atoms with van der Waals surface area (Å²) >= 11 is 0. The first-order chi connectivity index (χ1) is 10.2. The minimum absolute atomic E-state index is 0.142. The van der Waals surface area contributed by atoms with Crippen molar-refractivity contribution < 1.29 is 4.79 Å². The first kappa shape index (κ1) is 14.3. The van der Waals surface area contributed by atoms with Crippen LogP contribution in [-0.2, 0) is 24.2 Å². The van der Waals surface area contributed by atoms with Crippen LogP contribution in [0.15, 0.2) is 18.7 Å². The van der Waals surface area contributed by atoms with Crippen LogP contribution in [-0.4, -0.2) is 23.9 Å². The molecule has 0 bridgehead atoms. The number of carbonyl (C=O) groups excluding carboxylic acids is 1. The van der Waals surface area contributed by atoms with Crippen LogP contribution in [0.4, 0.5) is 5.69 Å². The van der Waals surface area contributed by atoms with Crippen molar-refractivity contribution in [3.8, 4) is 0 Å². The fourth-order valence-corrected chi connectivity index (χ4v) is 3.55. The SMILES string of the molecule is C=CCc1cc2c(c(CN3CCCC3)c1C)CCC(=O)N2. The van der Waals surface area contributed by atoms with Crippen LogP contribution < -0.4 is 5.32 Å². The van der Waals surface area contributed by atoms with Crippen LogP contribution in [0.2, 0.25) is 0 Å². The summed E-state index contributed by atoms with van der Waals surface area (Å²) in [6.07, 6.45) is 6.91. The van der Waals surface area contributed by atoms with E-state index in [1.807, 2.05) is 6.08 Å². The maximum atomic E-state index is 11.7. The maximum absolute atomic E-state index is 11.7. The number of hydrogen-bond acceptors (Lipinski definition) is 2. The molecule has 0 radical (unpaired) electrons. The zero-order valence-corrected chi connectivity index (χ0v) is 12.9. The highest BCUT2D eigenvalue weighted by Gasteiger charge is 2.23. The Morgan fingerprint density at radius 2 is 2.10 bits per heavy atom. The number of likely N-dealkylation sites (tertiary alicyclic amines) is 1. The van der Waals surface area contributed by atoms with Crippen LogP contribution >= 0.6 is 0 Å². The normalized spacial score (nSPS) is 18.4. The lowest BCUT2D eigenvalue weighted by Gasteiger charge is -2.26. The highest BCUT2D eigenvalue weighted by molar-refractivity contribution is 5.94. The van der Waals surface area contributed by atoms with Crippen molar-refractivity contribution in [3.05, 3.63) is 41.0 Å². The highest BCUT2D eigenvalue weighted by atomic mass is 16.1. The van der Waals surface area contributed by atoms with Gasteiger partial charge in [0.05, 0.1) is 0 Å². The van der Waals surface area contributed by atoms with Crippen LogP contribution in [0.1, 0.15) is 41.5 Å². The molecule has 1 saturated heterocycles. The second kappa shape index (κ2) is 6.02. The first-order valence-corrected chi connectivity index (χ1v) is 7.96. The molecule has 1 aromatic carbocycles. The Kier molecular flexibility index (Phi) is 4.11. The van der Waals surface area contributed by atoms with Crippen LogP contribution in [0.25, 0.3) is 0 Å². The van der Waals surface area contributed by atoms with Gasteiger partial charge in [0.1, 0.15) is 0 Å². The Morgan fingerprint density at radius 1 is 1.33 bits per heavy atom. The zero-order chi connectivity index (χ0) is 14.8. The van der Waals surface area contributed by atoms with Gasteiger partial charge in [-0.15, -0.1) is 6.58 Å². The topological polar surface area (TPSA) is 32.3 Å². The van der Waals surface area contributed by atoms with Gasteiger partial charge in [0.25, 0.3) is 0 Å². The average Bonchev–Trinajstić information content (AvgIpc) is 2.96. The summed E-state index contributed by atoms with van der Waals surface area (Å²) in [5, 5.41) is 3.06. The van der Waals surface area contributed by atoms with Gasteiger partial charge in [-0.25, -0.2) is 0 Å². The van der Waals surface area contributed by atoms with E-state index in [9.17, 15) is 4.79 Å². The molecule has 0 atom stereocenters. The van der Waals surface area contributed by atoms with Gasteiger partial charge in [0.2, 0.25) is 5.91 Å². The number of nitrogens with zero attached hydrogens (tertiary/aromatic N) is 1. The molecular formula is C18H24N2O. The molecule has 1 aromatic rings. The van der Waals surface area contributed by atoms with E-state index >= 15 is 0 Å². The number of hydrogen-bond donors (Lipinski definition) is 1. The molecule has 0 unspecified atom stereocenters. The van der Waals surface area contributed by atoms with Gasteiger partial charge in [-0.3, -0.25) is 9.69 Å². The van der Waals surface area contributed by atoms with Gasteiger partial charge in [0, 0.05) is 18.7 Å². The number of fused-ring (bicyclic) bond motifs is 1. The third kappa shape index (κ3) is 2.88. The molecule has 3 nitrogen and oxygen atoms in total. The Labute approximate surface area is 127 Å². The number of carbonyl (C=O) groups is 1. The number of benzene rings is 1. The van der Waals surface area contributed by atoms with Crippen molar-refractivity contribution in [1.82, 2.24) is 4.90 Å². The highest BCUT2D eigenvalue weighted by Crippen LogP contribution is 2.33. The molecule has 0 aliphatic carbocycles. The van der Waals surface area contributed by atoms with Crippen molar-refractivity contribution in [2.45, 2.75) is 45.6 Å². The Hall–Kier alpha value is -1.61. The van der Waals surface area contributed by atoms with E-state index in [0.717, 1.165) is 25.1 Å². The lowest BCUT2D eigenvalue weighted by molar-refractivity contribution is -0.116. The van der Waals surface area contributed by atoms with E-state index in [2.05, 4.69) is 29.8 Å². The van der Waals surface area contributed by atoms with Crippen molar-refractivity contribution in [3.63, 3.8) is 0 Å². The van der Waals surface area contributed by atoms with Crippen LogP contribution in [0.3, 0.4) is 0 Å². The third-order valence-corrected chi connectivity index (χ3v) is 4.76. The van der Waals surface area contributed by atoms with Gasteiger partial charge in [0.15, 0.2) is 0 Å². The largest absolute Gasteiger partial charge is 0.326 e. The molecule has 112 valence electrons. The predicted molar refractivity (Wildman–Crippen MR) is 86.5 cm³/mol. The standard InChI is InChI=1S/C18H24N2O/c1-3-6-14-11-17-15(7-8-18(21)19-17)16(13(14)2)12-20-9-4-5-10-20/h3,11H,1,4-10,12H2,2H3,(H,19,21). The minimum Gasteiger partial charge on any atom is -0.326 e. The maximum Gasteiger partial charge on any atom is 0.224 e. The van der Waals surface area contributed by atoms with Gasteiger partial charge in [-0.2, -0.15) is 0 Å². The smallest absolute Gasteiger partial charge is 0.224 e. The third-order valence-electron chi connectivity index (χ3n) is 4.76. The molecular weight excluding hydrogens is 260 g/mol. The van der Waals surface area contributed by atoms with E-state index < -0.39 is 0 Å². The summed E-state index contributed by atoms with van der Waals surface area (Å²) in [6.45, 7) is 9.51. The van der Waals surface area contributed by atoms with E-state index in [0.29, 0.717) is 6.42 Å². The summed E-state index contributed by atoms with van der Waals surface area (Å²) in [5.74, 6) is 0.142. The molecule has 1 N–H and O–H groups in total. The van der Waals surface area contributed by atoms with E-state index in [1.54, 1.807) is 0 Å². The van der Waals surface area contributed by atoms with Crippen LogP contribution in [0, 0.1) is 6.92 Å². The summed E-state index contributed by atoms with van der Waals surface area (Å²) in [7, 11) is 0. The molecule has 0 saturated carbocycles. The number of rotatable bonds is 4. The zero-order valence-electron chi connectivity index (χ0n) is 12.9.